The zero-order valence-electron chi connectivity index (χ0n) is 9.25. The van der Waals surface area contributed by atoms with Gasteiger partial charge in [-0.15, -0.1) is 0 Å². The van der Waals surface area contributed by atoms with Gasteiger partial charge in [-0.2, -0.15) is 13.2 Å². The molecule has 1 rings (SSSR count). The summed E-state index contributed by atoms with van der Waals surface area (Å²) in [4.78, 5) is 10.5. The van der Waals surface area contributed by atoms with E-state index in [0.29, 0.717) is 11.8 Å². The van der Waals surface area contributed by atoms with Crippen LogP contribution in [0.5, 0.6) is 11.5 Å². The van der Waals surface area contributed by atoms with Crippen molar-refractivity contribution in [3.8, 4) is 11.5 Å². The third kappa shape index (κ3) is 3.37. The zero-order valence-corrected chi connectivity index (χ0v) is 9.25. The van der Waals surface area contributed by atoms with Gasteiger partial charge in [0.2, 0.25) is 0 Å². The number of ether oxygens (including phenoxy) is 2. The Labute approximate surface area is 96.1 Å². The molecule has 6 heteroatoms. The lowest BCUT2D eigenvalue weighted by atomic mass is 10.2. The molecule has 0 saturated carbocycles. The van der Waals surface area contributed by atoms with Crippen LogP contribution in [0.3, 0.4) is 0 Å². The summed E-state index contributed by atoms with van der Waals surface area (Å²) in [5.74, 6) is 0.0358. The third-order valence-corrected chi connectivity index (χ3v) is 2.09. The van der Waals surface area contributed by atoms with Crippen LogP contribution in [0.4, 0.5) is 13.2 Å². The fraction of sp³-hybridized carbons (Fsp3) is 0.364. The predicted molar refractivity (Wildman–Crippen MR) is 54.5 cm³/mol. The summed E-state index contributed by atoms with van der Waals surface area (Å²) in [7, 11) is 1.29. The highest BCUT2D eigenvalue weighted by Gasteiger charge is 2.38. The van der Waals surface area contributed by atoms with Crippen molar-refractivity contribution in [2.24, 2.45) is 0 Å². The molecule has 17 heavy (non-hydrogen) atoms. The van der Waals surface area contributed by atoms with Gasteiger partial charge in [0.15, 0.2) is 17.6 Å². The van der Waals surface area contributed by atoms with E-state index in [2.05, 4.69) is 0 Å². The lowest BCUT2D eigenvalue weighted by Gasteiger charge is -2.19. The van der Waals surface area contributed by atoms with Gasteiger partial charge in [0.1, 0.15) is 6.29 Å². The molecule has 1 unspecified atom stereocenters. The number of halogens is 3. The molecule has 1 aromatic carbocycles. The first-order valence-electron chi connectivity index (χ1n) is 4.75. The highest BCUT2D eigenvalue weighted by atomic mass is 19.4. The van der Waals surface area contributed by atoms with E-state index in [1.54, 1.807) is 0 Å². The lowest BCUT2D eigenvalue weighted by Crippen LogP contribution is -2.31. The molecule has 0 aliphatic carbocycles. The Morgan fingerprint density at radius 1 is 1.29 bits per heavy atom. The Morgan fingerprint density at radius 3 is 2.41 bits per heavy atom. The number of alkyl halides is 3. The molecule has 0 radical (unpaired) electrons. The fourth-order valence-corrected chi connectivity index (χ4v) is 1.11. The van der Waals surface area contributed by atoms with Crippen LogP contribution in [0.25, 0.3) is 0 Å². The minimum absolute atomic E-state index is 0.0528. The summed E-state index contributed by atoms with van der Waals surface area (Å²) in [5.41, 5.74) is 0.300. The van der Waals surface area contributed by atoms with Crippen LogP contribution in [0.15, 0.2) is 18.2 Å². The number of hydrogen-bond acceptors (Lipinski definition) is 3. The Balaban J connectivity index is 2.95. The van der Waals surface area contributed by atoms with Crippen molar-refractivity contribution < 1.29 is 27.4 Å². The van der Waals surface area contributed by atoms with Gasteiger partial charge in [-0.05, 0) is 25.1 Å². The first kappa shape index (κ1) is 13.3. The van der Waals surface area contributed by atoms with Crippen molar-refractivity contribution in [3.05, 3.63) is 23.8 Å². The van der Waals surface area contributed by atoms with Crippen LogP contribution < -0.4 is 9.47 Å². The average Bonchev–Trinajstić information content (AvgIpc) is 2.28. The first-order valence-corrected chi connectivity index (χ1v) is 4.75. The number of hydrogen-bond donors (Lipinski definition) is 0. The van der Waals surface area contributed by atoms with Gasteiger partial charge in [-0.3, -0.25) is 4.79 Å². The number of aldehydes is 1. The van der Waals surface area contributed by atoms with Gasteiger partial charge in [0, 0.05) is 5.56 Å². The van der Waals surface area contributed by atoms with E-state index in [9.17, 15) is 18.0 Å². The second kappa shape index (κ2) is 5.07. The zero-order chi connectivity index (χ0) is 13.1. The molecule has 0 spiro atoms. The summed E-state index contributed by atoms with van der Waals surface area (Å²) in [6, 6.07) is 3.93. The Kier molecular flexibility index (Phi) is 3.98. The Hall–Kier alpha value is -1.72. The van der Waals surface area contributed by atoms with Gasteiger partial charge >= 0.3 is 6.18 Å². The van der Waals surface area contributed by atoms with Crippen molar-refractivity contribution in [3.63, 3.8) is 0 Å². The van der Waals surface area contributed by atoms with Crippen molar-refractivity contribution >= 4 is 6.29 Å². The summed E-state index contributed by atoms with van der Waals surface area (Å²) < 4.78 is 46.5. The van der Waals surface area contributed by atoms with E-state index in [0.717, 1.165) is 6.92 Å². The highest BCUT2D eigenvalue weighted by Crippen LogP contribution is 2.32. The van der Waals surface area contributed by atoms with E-state index >= 15 is 0 Å². The van der Waals surface area contributed by atoms with Crippen LogP contribution in [0.1, 0.15) is 17.3 Å². The van der Waals surface area contributed by atoms with Crippen molar-refractivity contribution in [1.82, 2.24) is 0 Å². The maximum atomic E-state index is 12.3. The molecule has 1 atom stereocenters. The quantitative estimate of drug-likeness (QED) is 0.768. The van der Waals surface area contributed by atoms with E-state index in [4.69, 9.17) is 9.47 Å². The SMILES string of the molecule is COc1cc(C=O)ccc1OC(C)C(F)(F)F. The monoisotopic (exact) mass is 248 g/mol. The second-order valence-electron chi connectivity index (χ2n) is 3.33. The molecule has 0 fully saturated rings. The number of carbonyl (C=O) groups is 1. The van der Waals surface area contributed by atoms with E-state index < -0.39 is 12.3 Å². The molecule has 1 aromatic rings. The lowest BCUT2D eigenvalue weighted by molar-refractivity contribution is -0.189. The first-order chi connectivity index (χ1) is 7.88. The van der Waals surface area contributed by atoms with Crippen LogP contribution in [-0.4, -0.2) is 25.7 Å². The maximum Gasteiger partial charge on any atom is 0.425 e. The number of benzene rings is 1. The molecule has 0 amide bonds. The number of rotatable bonds is 4. The van der Waals surface area contributed by atoms with Crippen LogP contribution in [-0.2, 0) is 0 Å². The van der Waals surface area contributed by atoms with Crippen molar-refractivity contribution in [2.75, 3.05) is 7.11 Å². The highest BCUT2D eigenvalue weighted by molar-refractivity contribution is 5.76. The van der Waals surface area contributed by atoms with Gasteiger partial charge in [0.25, 0.3) is 0 Å². The fourth-order valence-electron chi connectivity index (χ4n) is 1.11. The molecular formula is C11H11F3O3. The van der Waals surface area contributed by atoms with Crippen LogP contribution in [0.2, 0.25) is 0 Å². The number of carbonyl (C=O) groups excluding carboxylic acids is 1. The van der Waals surface area contributed by atoms with E-state index in [1.165, 1.54) is 25.3 Å². The third-order valence-electron chi connectivity index (χ3n) is 2.09. The molecule has 0 N–H and O–H groups in total. The predicted octanol–water partition coefficient (Wildman–Crippen LogP) is 2.84. The molecule has 3 nitrogen and oxygen atoms in total. The largest absolute Gasteiger partial charge is 0.493 e. The topological polar surface area (TPSA) is 35.5 Å². The molecule has 0 heterocycles. The molecule has 0 aromatic heterocycles. The van der Waals surface area contributed by atoms with Crippen LogP contribution in [0, 0.1) is 0 Å². The van der Waals surface area contributed by atoms with Crippen LogP contribution >= 0.6 is 0 Å². The van der Waals surface area contributed by atoms with Gasteiger partial charge in [-0.25, -0.2) is 0 Å². The van der Waals surface area contributed by atoms with Gasteiger partial charge in [-0.1, -0.05) is 0 Å². The number of methoxy groups -OCH3 is 1. The Bertz CT molecular complexity index is 401. The molecule has 0 bridgehead atoms. The molecule has 0 aliphatic heterocycles. The summed E-state index contributed by atoms with van der Waals surface area (Å²) in [6.07, 6.45) is -5.83. The van der Waals surface area contributed by atoms with Gasteiger partial charge in [0.05, 0.1) is 7.11 Å². The molecule has 0 aliphatic rings. The molecular weight excluding hydrogens is 237 g/mol. The van der Waals surface area contributed by atoms with E-state index in [1.807, 2.05) is 0 Å². The Morgan fingerprint density at radius 2 is 1.94 bits per heavy atom. The molecule has 94 valence electrons. The summed E-state index contributed by atoms with van der Waals surface area (Å²) in [6.45, 7) is 0.896. The second-order valence-corrected chi connectivity index (χ2v) is 3.33. The van der Waals surface area contributed by atoms with Crippen molar-refractivity contribution in [1.29, 1.82) is 0 Å². The minimum Gasteiger partial charge on any atom is -0.493 e. The summed E-state index contributed by atoms with van der Waals surface area (Å²) in [5, 5.41) is 0. The standard InChI is InChI=1S/C11H11F3O3/c1-7(11(12,13)14)17-9-4-3-8(6-15)5-10(9)16-2/h3-7H,1-2H3. The smallest absolute Gasteiger partial charge is 0.425 e. The van der Waals surface area contributed by atoms with E-state index in [-0.39, 0.29) is 11.5 Å². The minimum atomic E-state index is -4.45. The maximum absolute atomic E-state index is 12.3. The summed E-state index contributed by atoms with van der Waals surface area (Å²) >= 11 is 0. The molecule has 0 saturated heterocycles. The normalized spacial score (nSPS) is 13.0. The average molecular weight is 248 g/mol. The van der Waals surface area contributed by atoms with Gasteiger partial charge < -0.3 is 9.47 Å². The van der Waals surface area contributed by atoms with Crippen molar-refractivity contribution in [2.45, 2.75) is 19.2 Å².